The minimum Gasteiger partial charge on any atom is -0.396 e. The van der Waals surface area contributed by atoms with Crippen LogP contribution in [0.5, 0.6) is 0 Å². The van der Waals surface area contributed by atoms with Gasteiger partial charge in [-0.2, -0.15) is 17.0 Å². The van der Waals surface area contributed by atoms with Crippen LogP contribution < -0.4 is 5.73 Å². The van der Waals surface area contributed by atoms with Crippen LogP contribution in [0.4, 0.5) is 0 Å². The molecule has 0 saturated heterocycles. The van der Waals surface area contributed by atoms with Gasteiger partial charge in [-0.05, 0) is 37.7 Å². The maximum Gasteiger partial charge on any atom is 0.101 e. The van der Waals surface area contributed by atoms with E-state index in [1.54, 1.807) is 18.7 Å². The number of hydrogen-bond donors (Lipinski definition) is 2. The van der Waals surface area contributed by atoms with Crippen molar-refractivity contribution in [2.75, 3.05) is 18.1 Å². The highest BCUT2D eigenvalue weighted by Gasteiger charge is 2.15. The fourth-order valence-electron chi connectivity index (χ4n) is 0.866. The SMILES string of the molecule is CC(N)(C#N)CCCSCCCO. The van der Waals surface area contributed by atoms with Crippen molar-refractivity contribution in [1.82, 2.24) is 0 Å². The number of rotatable bonds is 7. The van der Waals surface area contributed by atoms with Gasteiger partial charge in [0.15, 0.2) is 0 Å². The normalized spacial score (nSPS) is 14.9. The summed E-state index contributed by atoms with van der Waals surface area (Å²) in [6.45, 7) is 2.02. The van der Waals surface area contributed by atoms with Gasteiger partial charge in [0, 0.05) is 6.61 Å². The molecule has 76 valence electrons. The molecule has 0 radical (unpaired) electrons. The zero-order valence-electron chi connectivity index (χ0n) is 8.12. The molecule has 0 fully saturated rings. The molecule has 0 saturated carbocycles. The summed E-state index contributed by atoms with van der Waals surface area (Å²) < 4.78 is 0. The Labute approximate surface area is 84.3 Å². The van der Waals surface area contributed by atoms with Gasteiger partial charge in [0.1, 0.15) is 5.54 Å². The second kappa shape index (κ2) is 7.19. The first-order chi connectivity index (χ1) is 6.12. The quantitative estimate of drug-likeness (QED) is 0.607. The first kappa shape index (κ1) is 12.8. The number of nitriles is 1. The minimum absolute atomic E-state index is 0.264. The van der Waals surface area contributed by atoms with Gasteiger partial charge in [0.05, 0.1) is 6.07 Å². The smallest absolute Gasteiger partial charge is 0.101 e. The molecule has 0 aromatic heterocycles. The second-order valence-electron chi connectivity index (χ2n) is 3.32. The van der Waals surface area contributed by atoms with Crippen molar-refractivity contribution < 1.29 is 5.11 Å². The van der Waals surface area contributed by atoms with E-state index in [0.29, 0.717) is 0 Å². The van der Waals surface area contributed by atoms with Crippen molar-refractivity contribution >= 4 is 11.8 Å². The molecule has 0 amide bonds. The van der Waals surface area contributed by atoms with E-state index < -0.39 is 5.54 Å². The molecule has 0 aromatic rings. The molecule has 13 heavy (non-hydrogen) atoms. The van der Waals surface area contributed by atoms with Crippen molar-refractivity contribution in [2.24, 2.45) is 5.73 Å². The molecular formula is C9H18N2OS. The molecule has 3 nitrogen and oxygen atoms in total. The van der Waals surface area contributed by atoms with Crippen LogP contribution in [0.2, 0.25) is 0 Å². The molecular weight excluding hydrogens is 184 g/mol. The third kappa shape index (κ3) is 8.10. The van der Waals surface area contributed by atoms with E-state index >= 15 is 0 Å². The molecule has 0 aliphatic rings. The highest BCUT2D eigenvalue weighted by Crippen LogP contribution is 2.11. The van der Waals surface area contributed by atoms with Crippen LogP contribution in [0.3, 0.4) is 0 Å². The highest BCUT2D eigenvalue weighted by atomic mass is 32.2. The summed E-state index contributed by atoms with van der Waals surface area (Å²) in [7, 11) is 0. The predicted molar refractivity (Wildman–Crippen MR) is 56.5 cm³/mol. The Bertz CT molecular complexity index is 165. The number of aliphatic hydroxyl groups excluding tert-OH is 1. The van der Waals surface area contributed by atoms with Crippen molar-refractivity contribution in [1.29, 1.82) is 5.26 Å². The zero-order chi connectivity index (χ0) is 10.2. The average Bonchev–Trinajstić information content (AvgIpc) is 2.11. The van der Waals surface area contributed by atoms with Crippen LogP contribution in [0, 0.1) is 11.3 Å². The number of thioether (sulfide) groups is 1. The third-order valence-electron chi connectivity index (χ3n) is 1.69. The lowest BCUT2D eigenvalue weighted by atomic mass is 10.0. The van der Waals surface area contributed by atoms with Gasteiger partial charge in [-0.15, -0.1) is 0 Å². The molecule has 0 spiro atoms. The Morgan fingerprint density at radius 1 is 1.46 bits per heavy atom. The molecule has 0 aliphatic heterocycles. The van der Waals surface area contributed by atoms with Crippen LogP contribution in [-0.2, 0) is 0 Å². The van der Waals surface area contributed by atoms with Gasteiger partial charge < -0.3 is 10.8 Å². The maximum atomic E-state index is 8.62. The summed E-state index contributed by atoms with van der Waals surface area (Å²) in [5, 5.41) is 17.1. The molecule has 0 heterocycles. The summed E-state index contributed by atoms with van der Waals surface area (Å²) in [6.07, 6.45) is 2.56. The Hall–Kier alpha value is -0.240. The summed E-state index contributed by atoms with van der Waals surface area (Å²) >= 11 is 1.80. The van der Waals surface area contributed by atoms with Crippen LogP contribution in [0.15, 0.2) is 0 Å². The van der Waals surface area contributed by atoms with Crippen LogP contribution in [0.1, 0.15) is 26.2 Å². The summed E-state index contributed by atoms with van der Waals surface area (Å²) in [6, 6.07) is 2.07. The van der Waals surface area contributed by atoms with Gasteiger partial charge in [0.25, 0.3) is 0 Å². The van der Waals surface area contributed by atoms with Gasteiger partial charge in [-0.3, -0.25) is 0 Å². The van der Waals surface area contributed by atoms with E-state index in [1.807, 2.05) is 0 Å². The van der Waals surface area contributed by atoms with E-state index in [2.05, 4.69) is 6.07 Å². The molecule has 3 N–H and O–H groups in total. The van der Waals surface area contributed by atoms with Gasteiger partial charge >= 0.3 is 0 Å². The molecule has 0 rings (SSSR count). The van der Waals surface area contributed by atoms with Crippen LogP contribution >= 0.6 is 11.8 Å². The van der Waals surface area contributed by atoms with E-state index in [0.717, 1.165) is 30.8 Å². The number of aliphatic hydroxyl groups is 1. The summed E-state index contributed by atoms with van der Waals surface area (Å²) in [5.41, 5.74) is 4.98. The molecule has 4 heteroatoms. The van der Waals surface area contributed by atoms with Crippen molar-refractivity contribution in [2.45, 2.75) is 31.7 Å². The molecule has 1 atom stereocenters. The Kier molecular flexibility index (Phi) is 7.06. The molecule has 1 unspecified atom stereocenters. The lowest BCUT2D eigenvalue weighted by Crippen LogP contribution is -2.33. The number of nitrogens with zero attached hydrogens (tertiary/aromatic N) is 1. The van der Waals surface area contributed by atoms with E-state index in [9.17, 15) is 0 Å². The Morgan fingerprint density at radius 2 is 2.08 bits per heavy atom. The van der Waals surface area contributed by atoms with Gasteiger partial charge in [0.2, 0.25) is 0 Å². The van der Waals surface area contributed by atoms with Crippen molar-refractivity contribution in [3.05, 3.63) is 0 Å². The van der Waals surface area contributed by atoms with Crippen molar-refractivity contribution in [3.63, 3.8) is 0 Å². The van der Waals surface area contributed by atoms with E-state index in [1.165, 1.54) is 0 Å². The van der Waals surface area contributed by atoms with E-state index in [-0.39, 0.29) is 6.61 Å². The molecule has 0 bridgehead atoms. The van der Waals surface area contributed by atoms with Gasteiger partial charge in [-0.1, -0.05) is 0 Å². The monoisotopic (exact) mass is 202 g/mol. The lowest BCUT2D eigenvalue weighted by molar-refractivity contribution is 0.296. The highest BCUT2D eigenvalue weighted by molar-refractivity contribution is 7.99. The standard InChI is InChI=1S/C9H18N2OS/c1-9(11,8-10)4-2-6-13-7-3-5-12/h12H,2-7,11H2,1H3. The summed E-state index contributed by atoms with van der Waals surface area (Å²) in [5.74, 6) is 2.01. The van der Waals surface area contributed by atoms with E-state index in [4.69, 9.17) is 16.1 Å². The second-order valence-corrected chi connectivity index (χ2v) is 4.55. The zero-order valence-corrected chi connectivity index (χ0v) is 8.94. The first-order valence-corrected chi connectivity index (χ1v) is 5.66. The summed E-state index contributed by atoms with van der Waals surface area (Å²) in [4.78, 5) is 0. The first-order valence-electron chi connectivity index (χ1n) is 4.51. The maximum absolute atomic E-state index is 8.62. The Morgan fingerprint density at radius 3 is 2.62 bits per heavy atom. The third-order valence-corrected chi connectivity index (χ3v) is 2.84. The average molecular weight is 202 g/mol. The fraction of sp³-hybridized carbons (Fsp3) is 0.889. The number of nitrogens with two attached hydrogens (primary N) is 1. The van der Waals surface area contributed by atoms with Crippen LogP contribution in [0.25, 0.3) is 0 Å². The minimum atomic E-state index is -0.669. The largest absolute Gasteiger partial charge is 0.396 e. The Balaban J connectivity index is 3.22. The van der Waals surface area contributed by atoms with Crippen LogP contribution in [-0.4, -0.2) is 28.8 Å². The van der Waals surface area contributed by atoms with Gasteiger partial charge in [-0.25, -0.2) is 0 Å². The predicted octanol–water partition coefficient (Wildman–Crippen LogP) is 1.12. The molecule has 0 aliphatic carbocycles. The fourth-order valence-corrected chi connectivity index (χ4v) is 1.75. The lowest BCUT2D eigenvalue weighted by Gasteiger charge is -2.14. The van der Waals surface area contributed by atoms with Crippen molar-refractivity contribution in [3.8, 4) is 6.07 Å². The topological polar surface area (TPSA) is 70.0 Å². The number of hydrogen-bond acceptors (Lipinski definition) is 4. The molecule has 0 aromatic carbocycles.